The van der Waals surface area contributed by atoms with Gasteiger partial charge in [-0.15, -0.1) is 11.3 Å². The highest BCUT2D eigenvalue weighted by Gasteiger charge is 2.37. The van der Waals surface area contributed by atoms with E-state index in [4.69, 9.17) is 4.98 Å². The lowest BCUT2D eigenvalue weighted by molar-refractivity contribution is 0.332. The molecule has 0 amide bonds. The summed E-state index contributed by atoms with van der Waals surface area (Å²) >= 11 is 1.95. The first-order chi connectivity index (χ1) is 19.3. The molecular weight excluding hydrogens is 502 g/mol. The Morgan fingerprint density at radius 1 is 0.675 bits per heavy atom. The second-order valence-corrected chi connectivity index (χ2v) is 14.8. The number of fused-ring (bicyclic) bond motifs is 6. The molecule has 0 spiro atoms. The molecule has 0 unspecified atom stereocenters. The Balaban J connectivity index is 1.38. The molecule has 0 atom stereocenters. The van der Waals surface area contributed by atoms with Gasteiger partial charge in [0, 0.05) is 37.3 Å². The summed E-state index contributed by atoms with van der Waals surface area (Å²) in [4.78, 5) is 5.04. The van der Waals surface area contributed by atoms with Crippen molar-refractivity contribution in [3.63, 3.8) is 0 Å². The lowest BCUT2D eigenvalue weighted by Crippen LogP contribution is -2.33. The van der Waals surface area contributed by atoms with E-state index < -0.39 is 0 Å². The van der Waals surface area contributed by atoms with Crippen molar-refractivity contribution in [1.82, 2.24) is 4.98 Å². The highest BCUT2D eigenvalue weighted by Crippen LogP contribution is 2.49. The molecule has 1 saturated carbocycles. The summed E-state index contributed by atoms with van der Waals surface area (Å²) in [5, 5.41) is 8.08. The third kappa shape index (κ3) is 3.68. The molecule has 6 aromatic rings. The van der Waals surface area contributed by atoms with Crippen LogP contribution >= 0.6 is 11.3 Å². The van der Waals surface area contributed by atoms with Crippen LogP contribution in [0.5, 0.6) is 0 Å². The summed E-state index contributed by atoms with van der Waals surface area (Å²) in [6.07, 6.45) is 9.78. The minimum atomic E-state index is 0.207. The zero-order chi connectivity index (χ0) is 27.2. The Hall–Kier alpha value is -3.23. The molecule has 0 aliphatic heterocycles. The minimum Gasteiger partial charge on any atom is -0.256 e. The molecule has 0 radical (unpaired) electrons. The fourth-order valence-electron chi connectivity index (χ4n) is 7.78. The summed E-state index contributed by atoms with van der Waals surface area (Å²) in [5.74, 6) is 0.658. The van der Waals surface area contributed by atoms with Gasteiger partial charge < -0.3 is 0 Å². The number of thiophene rings is 1. The van der Waals surface area contributed by atoms with Crippen molar-refractivity contribution in [2.45, 2.75) is 83.0 Å². The van der Waals surface area contributed by atoms with E-state index in [0.717, 1.165) is 5.69 Å². The van der Waals surface area contributed by atoms with Gasteiger partial charge in [0.05, 0.1) is 5.69 Å². The molecule has 2 aromatic heterocycles. The maximum atomic E-state index is 5.04. The van der Waals surface area contributed by atoms with Gasteiger partial charge in [0.15, 0.2) is 0 Å². The second-order valence-electron chi connectivity index (χ2n) is 13.8. The van der Waals surface area contributed by atoms with Crippen LogP contribution in [0.2, 0.25) is 0 Å². The third-order valence-corrected chi connectivity index (χ3v) is 11.4. The average Bonchev–Trinajstić information content (AvgIpc) is 3.61. The summed E-state index contributed by atoms with van der Waals surface area (Å²) < 4.78 is 2.79. The normalized spacial score (nSPS) is 18.7. The summed E-state index contributed by atoms with van der Waals surface area (Å²) in [6, 6.07) is 25.9. The fraction of sp³-hybridized carbons (Fsp3) is 0.342. The van der Waals surface area contributed by atoms with Gasteiger partial charge >= 0.3 is 0 Å². The number of nitrogens with zero attached hydrogens (tertiary/aromatic N) is 1. The zero-order valence-corrected chi connectivity index (χ0v) is 24.9. The molecule has 4 aromatic carbocycles. The monoisotopic (exact) mass is 539 g/mol. The molecule has 2 aliphatic rings. The van der Waals surface area contributed by atoms with Gasteiger partial charge in [-0.2, -0.15) is 0 Å². The Morgan fingerprint density at radius 2 is 1.35 bits per heavy atom. The van der Waals surface area contributed by atoms with Crippen molar-refractivity contribution in [2.24, 2.45) is 0 Å². The topological polar surface area (TPSA) is 12.9 Å². The Labute approximate surface area is 241 Å². The van der Waals surface area contributed by atoms with Gasteiger partial charge in [0.25, 0.3) is 0 Å². The lowest BCUT2D eigenvalue weighted by atomic mass is 9.63. The highest BCUT2D eigenvalue weighted by atomic mass is 32.1. The van der Waals surface area contributed by atoms with Crippen LogP contribution in [-0.2, 0) is 10.8 Å². The molecule has 8 rings (SSSR count). The van der Waals surface area contributed by atoms with Crippen molar-refractivity contribution >= 4 is 53.1 Å². The predicted molar refractivity (Wildman–Crippen MR) is 174 cm³/mol. The molecule has 0 saturated heterocycles. The SMILES string of the molecule is CC1(C)CCC(C)(C)c2cc3c(cc21)sc1cc2ccnc(-c4cc(C5CCCC5)c5ccccc5c4)c2cc13. The molecule has 2 heterocycles. The summed E-state index contributed by atoms with van der Waals surface area (Å²) in [6.45, 7) is 9.72. The smallest absolute Gasteiger partial charge is 0.0780 e. The van der Waals surface area contributed by atoms with Crippen molar-refractivity contribution in [2.75, 3.05) is 0 Å². The minimum absolute atomic E-state index is 0.207. The van der Waals surface area contributed by atoms with Gasteiger partial charge in [-0.05, 0) is 118 Å². The maximum absolute atomic E-state index is 5.04. The van der Waals surface area contributed by atoms with E-state index >= 15 is 0 Å². The van der Waals surface area contributed by atoms with E-state index in [9.17, 15) is 0 Å². The number of pyridine rings is 1. The van der Waals surface area contributed by atoms with E-state index in [-0.39, 0.29) is 10.8 Å². The Kier molecular flexibility index (Phi) is 5.30. The van der Waals surface area contributed by atoms with Gasteiger partial charge in [-0.3, -0.25) is 4.98 Å². The van der Waals surface area contributed by atoms with Crippen molar-refractivity contribution < 1.29 is 0 Å². The third-order valence-electron chi connectivity index (χ3n) is 10.3. The van der Waals surface area contributed by atoms with Gasteiger partial charge in [0.2, 0.25) is 0 Å². The molecule has 200 valence electrons. The van der Waals surface area contributed by atoms with Crippen molar-refractivity contribution in [1.29, 1.82) is 0 Å². The molecule has 40 heavy (non-hydrogen) atoms. The molecule has 1 nitrogen and oxygen atoms in total. The molecule has 1 fully saturated rings. The van der Waals surface area contributed by atoms with Crippen LogP contribution in [0.15, 0.2) is 72.9 Å². The van der Waals surface area contributed by atoms with Crippen LogP contribution in [0.3, 0.4) is 0 Å². The second kappa shape index (κ2) is 8.63. The number of hydrogen-bond acceptors (Lipinski definition) is 2. The van der Waals surface area contributed by atoms with Crippen LogP contribution in [0, 0.1) is 0 Å². The van der Waals surface area contributed by atoms with E-state index in [2.05, 4.69) is 94.4 Å². The Bertz CT molecular complexity index is 1970. The average molecular weight is 540 g/mol. The highest BCUT2D eigenvalue weighted by molar-refractivity contribution is 7.25. The van der Waals surface area contributed by atoms with E-state index in [1.54, 1.807) is 5.56 Å². The molecule has 0 bridgehead atoms. The standard InChI is InChI=1S/C38H37NS/c1-37(2)14-15-38(3,4)33-22-35-31(21-32(33)37)30-20-29-25(19-34(30)40-35)13-16-39-36(29)26-17-24-11-7-8-12-27(24)28(18-26)23-9-5-6-10-23/h7-8,11-13,16-23H,5-6,9-10,14-15H2,1-4H3. The molecule has 2 heteroatoms. The summed E-state index contributed by atoms with van der Waals surface area (Å²) in [5.41, 5.74) is 7.41. The van der Waals surface area contributed by atoms with Gasteiger partial charge in [-0.25, -0.2) is 0 Å². The van der Waals surface area contributed by atoms with Gasteiger partial charge in [-0.1, -0.05) is 64.8 Å². The predicted octanol–water partition coefficient (Wildman–Crippen LogP) is 11.4. The van der Waals surface area contributed by atoms with Crippen LogP contribution in [0.4, 0.5) is 0 Å². The first kappa shape index (κ1) is 24.6. The van der Waals surface area contributed by atoms with Crippen molar-refractivity contribution in [3.8, 4) is 11.3 Å². The number of rotatable bonds is 2. The molecule has 2 aliphatic carbocycles. The van der Waals surface area contributed by atoms with Crippen molar-refractivity contribution in [3.05, 3.63) is 89.6 Å². The molecule has 0 N–H and O–H groups in total. The van der Waals surface area contributed by atoms with Crippen LogP contribution in [0.25, 0.3) is 53.0 Å². The van der Waals surface area contributed by atoms with Crippen LogP contribution in [-0.4, -0.2) is 4.98 Å². The number of benzene rings is 4. The quantitative estimate of drug-likeness (QED) is 0.213. The largest absolute Gasteiger partial charge is 0.256 e. The van der Waals surface area contributed by atoms with E-state index in [0.29, 0.717) is 5.92 Å². The first-order valence-electron chi connectivity index (χ1n) is 15.1. The number of hydrogen-bond donors (Lipinski definition) is 0. The van der Waals surface area contributed by atoms with Crippen LogP contribution in [0.1, 0.15) is 88.8 Å². The lowest BCUT2D eigenvalue weighted by Gasteiger charge is -2.41. The Morgan fingerprint density at radius 3 is 2.15 bits per heavy atom. The maximum Gasteiger partial charge on any atom is 0.0780 e. The number of aromatic nitrogens is 1. The first-order valence-corrected chi connectivity index (χ1v) is 15.9. The van der Waals surface area contributed by atoms with E-state index in [1.807, 2.05) is 17.5 Å². The van der Waals surface area contributed by atoms with Crippen LogP contribution < -0.4 is 0 Å². The fourth-order valence-corrected chi connectivity index (χ4v) is 8.94. The van der Waals surface area contributed by atoms with Gasteiger partial charge in [0.1, 0.15) is 0 Å². The molecular formula is C38H37NS. The summed E-state index contributed by atoms with van der Waals surface area (Å²) in [7, 11) is 0. The van der Waals surface area contributed by atoms with E-state index in [1.165, 1.54) is 96.9 Å². The zero-order valence-electron chi connectivity index (χ0n) is 24.1.